The van der Waals surface area contributed by atoms with E-state index in [1.54, 1.807) is 74.9 Å². The van der Waals surface area contributed by atoms with E-state index in [4.69, 9.17) is 23.7 Å². The van der Waals surface area contributed by atoms with Crippen LogP contribution < -0.4 is 23.7 Å². The minimum Gasteiger partial charge on any atom is -0.493 e. The fraction of sp³-hybridized carbons (Fsp3) is 0.185. The molecule has 0 amide bonds. The summed E-state index contributed by atoms with van der Waals surface area (Å²) >= 11 is 0. The number of rotatable bonds is 9. The van der Waals surface area contributed by atoms with Gasteiger partial charge in [-0.1, -0.05) is 18.2 Å². The quantitative estimate of drug-likeness (QED) is 0.194. The van der Waals surface area contributed by atoms with Crippen LogP contribution in [0.3, 0.4) is 0 Å². The molecule has 3 aromatic rings. The number of carbonyl (C=O) groups is 1. The SMILES string of the molecule is COc1ccc(CC(=O)Oc2cccc(/C=C(/C#N)c3ccc(OC)c(OC)c3)c2)cc1OC. The second-order valence-electron chi connectivity index (χ2n) is 7.15. The second kappa shape index (κ2) is 11.4. The average molecular weight is 459 g/mol. The predicted octanol–water partition coefficient (Wildman–Crippen LogP) is 4.93. The zero-order chi connectivity index (χ0) is 24.5. The Morgan fingerprint density at radius 3 is 2.12 bits per heavy atom. The number of nitriles is 1. The van der Waals surface area contributed by atoms with Crippen molar-refractivity contribution >= 4 is 17.6 Å². The maximum Gasteiger partial charge on any atom is 0.315 e. The molecule has 0 bridgehead atoms. The summed E-state index contributed by atoms with van der Waals surface area (Å²) < 4.78 is 26.6. The van der Waals surface area contributed by atoms with Gasteiger partial charge in [0.15, 0.2) is 23.0 Å². The Labute approximate surface area is 198 Å². The number of hydrogen-bond acceptors (Lipinski definition) is 7. The minimum atomic E-state index is -0.422. The van der Waals surface area contributed by atoms with E-state index in [1.807, 2.05) is 6.07 Å². The summed E-state index contributed by atoms with van der Waals surface area (Å²) in [6.07, 6.45) is 1.78. The van der Waals surface area contributed by atoms with Crippen LogP contribution >= 0.6 is 0 Å². The number of methoxy groups -OCH3 is 4. The van der Waals surface area contributed by atoms with Crippen molar-refractivity contribution in [1.82, 2.24) is 0 Å². The average Bonchev–Trinajstić information content (AvgIpc) is 2.86. The summed E-state index contributed by atoms with van der Waals surface area (Å²) in [5, 5.41) is 9.69. The van der Waals surface area contributed by atoms with Gasteiger partial charge in [-0.25, -0.2) is 0 Å². The Morgan fingerprint density at radius 2 is 1.47 bits per heavy atom. The van der Waals surface area contributed by atoms with Crippen molar-refractivity contribution < 1.29 is 28.5 Å². The normalized spacial score (nSPS) is 10.7. The number of allylic oxidation sites excluding steroid dienone is 1. The Kier molecular flexibility index (Phi) is 8.14. The molecule has 7 heteroatoms. The molecule has 0 N–H and O–H groups in total. The van der Waals surface area contributed by atoms with E-state index in [2.05, 4.69) is 6.07 Å². The van der Waals surface area contributed by atoms with Crippen LogP contribution in [0.1, 0.15) is 16.7 Å². The number of esters is 1. The molecule has 0 atom stereocenters. The number of benzene rings is 3. The van der Waals surface area contributed by atoms with Gasteiger partial charge < -0.3 is 23.7 Å². The van der Waals surface area contributed by atoms with Crippen LogP contribution in [0.4, 0.5) is 0 Å². The lowest BCUT2D eigenvalue weighted by atomic mass is 10.0. The number of carbonyl (C=O) groups excluding carboxylic acids is 1. The molecule has 34 heavy (non-hydrogen) atoms. The van der Waals surface area contributed by atoms with E-state index in [0.29, 0.717) is 45.4 Å². The highest BCUT2D eigenvalue weighted by atomic mass is 16.5. The van der Waals surface area contributed by atoms with E-state index in [9.17, 15) is 10.1 Å². The highest BCUT2D eigenvalue weighted by Gasteiger charge is 2.12. The summed E-state index contributed by atoms with van der Waals surface area (Å²) in [5.41, 5.74) is 2.55. The van der Waals surface area contributed by atoms with Crippen molar-refractivity contribution in [3.05, 3.63) is 77.4 Å². The van der Waals surface area contributed by atoms with Gasteiger partial charge in [0.25, 0.3) is 0 Å². The van der Waals surface area contributed by atoms with Gasteiger partial charge in [-0.3, -0.25) is 4.79 Å². The largest absolute Gasteiger partial charge is 0.493 e. The standard InChI is InChI=1S/C27H25NO6/c1-30-23-10-8-19(14-25(23)32-3)15-27(29)34-22-7-5-6-18(13-22)12-21(17-28)20-9-11-24(31-2)26(16-20)33-4/h5-14,16H,15H2,1-4H3/b21-12-. The first-order chi connectivity index (χ1) is 16.5. The number of ether oxygens (including phenoxy) is 5. The molecule has 0 aliphatic carbocycles. The molecule has 0 unspecified atom stereocenters. The van der Waals surface area contributed by atoms with E-state index in [-0.39, 0.29) is 6.42 Å². The molecular weight excluding hydrogens is 434 g/mol. The summed E-state index contributed by atoms with van der Waals surface area (Å²) in [6.45, 7) is 0. The summed E-state index contributed by atoms with van der Waals surface area (Å²) in [7, 11) is 6.18. The summed E-state index contributed by atoms with van der Waals surface area (Å²) in [6, 6.07) is 19.7. The van der Waals surface area contributed by atoms with Gasteiger partial charge in [0.05, 0.1) is 46.5 Å². The molecule has 0 spiro atoms. The lowest BCUT2D eigenvalue weighted by molar-refractivity contribution is -0.133. The first-order valence-electron chi connectivity index (χ1n) is 10.4. The number of hydrogen-bond donors (Lipinski definition) is 0. The molecule has 3 aromatic carbocycles. The van der Waals surface area contributed by atoms with E-state index in [0.717, 1.165) is 5.56 Å². The number of nitrogens with zero attached hydrogens (tertiary/aromatic N) is 1. The van der Waals surface area contributed by atoms with Crippen LogP contribution in [0, 0.1) is 11.3 Å². The minimum absolute atomic E-state index is 0.0650. The van der Waals surface area contributed by atoms with Gasteiger partial charge >= 0.3 is 5.97 Å². The highest BCUT2D eigenvalue weighted by Crippen LogP contribution is 2.31. The molecule has 0 fully saturated rings. The highest BCUT2D eigenvalue weighted by molar-refractivity contribution is 5.90. The van der Waals surface area contributed by atoms with Crippen molar-refractivity contribution in [2.75, 3.05) is 28.4 Å². The van der Waals surface area contributed by atoms with Gasteiger partial charge in [0.1, 0.15) is 5.75 Å². The van der Waals surface area contributed by atoms with Gasteiger partial charge in [0, 0.05) is 0 Å². The van der Waals surface area contributed by atoms with Gasteiger partial charge in [-0.2, -0.15) is 5.26 Å². The Morgan fingerprint density at radius 1 is 0.824 bits per heavy atom. The molecule has 0 aromatic heterocycles. The molecule has 3 rings (SSSR count). The van der Waals surface area contributed by atoms with Crippen LogP contribution in [0.2, 0.25) is 0 Å². The van der Waals surface area contributed by atoms with Gasteiger partial charge in [0.2, 0.25) is 0 Å². The van der Waals surface area contributed by atoms with Crippen LogP contribution in [0.15, 0.2) is 60.7 Å². The first-order valence-corrected chi connectivity index (χ1v) is 10.4. The maximum absolute atomic E-state index is 12.5. The van der Waals surface area contributed by atoms with E-state index < -0.39 is 5.97 Å². The van der Waals surface area contributed by atoms with Crippen LogP contribution in [0.25, 0.3) is 11.6 Å². The third-order valence-corrected chi connectivity index (χ3v) is 5.01. The summed E-state index contributed by atoms with van der Waals surface area (Å²) in [5.74, 6) is 2.18. The molecule has 0 saturated carbocycles. The van der Waals surface area contributed by atoms with Gasteiger partial charge in [-0.15, -0.1) is 0 Å². The van der Waals surface area contributed by atoms with E-state index in [1.165, 1.54) is 14.2 Å². The molecular formula is C27H25NO6. The fourth-order valence-corrected chi connectivity index (χ4v) is 3.34. The summed E-state index contributed by atoms with van der Waals surface area (Å²) in [4.78, 5) is 12.5. The van der Waals surface area contributed by atoms with Crippen LogP contribution in [0.5, 0.6) is 28.7 Å². The monoisotopic (exact) mass is 459 g/mol. The Bertz CT molecular complexity index is 1240. The lowest BCUT2D eigenvalue weighted by Crippen LogP contribution is -2.11. The molecule has 0 heterocycles. The molecule has 0 aliphatic heterocycles. The van der Waals surface area contributed by atoms with Crippen molar-refractivity contribution in [3.8, 4) is 34.8 Å². The van der Waals surface area contributed by atoms with Crippen molar-refractivity contribution in [2.45, 2.75) is 6.42 Å². The third-order valence-electron chi connectivity index (χ3n) is 5.01. The topological polar surface area (TPSA) is 87.0 Å². The second-order valence-corrected chi connectivity index (χ2v) is 7.15. The fourth-order valence-electron chi connectivity index (χ4n) is 3.34. The molecule has 0 aliphatic rings. The molecule has 7 nitrogen and oxygen atoms in total. The maximum atomic E-state index is 12.5. The first kappa shape index (κ1) is 24.2. The van der Waals surface area contributed by atoms with Crippen molar-refractivity contribution in [2.24, 2.45) is 0 Å². The van der Waals surface area contributed by atoms with E-state index >= 15 is 0 Å². The molecule has 0 saturated heterocycles. The zero-order valence-corrected chi connectivity index (χ0v) is 19.5. The van der Waals surface area contributed by atoms with Crippen LogP contribution in [-0.2, 0) is 11.2 Å². The third kappa shape index (κ3) is 5.87. The van der Waals surface area contributed by atoms with Gasteiger partial charge in [-0.05, 0) is 65.2 Å². The van der Waals surface area contributed by atoms with Crippen molar-refractivity contribution in [1.29, 1.82) is 5.26 Å². The smallest absolute Gasteiger partial charge is 0.315 e. The Hall–Kier alpha value is -4.44. The molecule has 174 valence electrons. The van der Waals surface area contributed by atoms with Crippen LogP contribution in [-0.4, -0.2) is 34.4 Å². The predicted molar refractivity (Wildman–Crippen MR) is 128 cm³/mol. The lowest BCUT2D eigenvalue weighted by Gasteiger charge is -2.10. The van der Waals surface area contributed by atoms with Crippen molar-refractivity contribution in [3.63, 3.8) is 0 Å². The Balaban J connectivity index is 1.77. The molecule has 0 radical (unpaired) electrons. The zero-order valence-electron chi connectivity index (χ0n) is 19.5.